The molecule has 48 valence electrons. The molecule has 1 aromatic rings. The Bertz CT molecular complexity index is 217. The van der Waals surface area contributed by atoms with Gasteiger partial charge in [-0.15, -0.1) is 0 Å². The van der Waals surface area contributed by atoms with Crippen LogP contribution in [0, 0.1) is 6.33 Å². The van der Waals surface area contributed by atoms with Crippen molar-refractivity contribution in [2.45, 2.75) is 0 Å². The first-order chi connectivity index (χ1) is 4.33. The van der Waals surface area contributed by atoms with Crippen LogP contribution in [-0.4, -0.2) is 21.8 Å². The minimum absolute atomic E-state index is 0. The molecule has 0 unspecified atom stereocenters. The molecule has 0 aliphatic heterocycles. The first kappa shape index (κ1) is 9.84. The topological polar surface area (TPSA) is 55.4 Å². The summed E-state index contributed by atoms with van der Waals surface area (Å²) in [7, 11) is 3.29. The molecule has 0 saturated heterocycles. The fourth-order valence-corrected chi connectivity index (χ4v) is 0.428. The third kappa shape index (κ3) is 2.62. The van der Waals surface area contributed by atoms with E-state index in [2.05, 4.69) is 26.6 Å². The van der Waals surface area contributed by atoms with Gasteiger partial charge in [-0.2, -0.15) is 0 Å². The fourth-order valence-electron chi connectivity index (χ4n) is 0.428. The molecule has 0 spiro atoms. The Kier molecular flexibility index (Phi) is 4.56. The molecule has 10 heavy (non-hydrogen) atoms. The number of hydrogen-bond donors (Lipinski definition) is 0. The first-order valence-electron chi connectivity index (χ1n) is 2.41. The molecule has 1 rings (SSSR count). The van der Waals surface area contributed by atoms with Crippen molar-refractivity contribution in [3.8, 4) is 0 Å². The quantitative estimate of drug-likeness (QED) is 0.498. The zero-order valence-electron chi connectivity index (χ0n) is 5.81. The summed E-state index contributed by atoms with van der Waals surface area (Å²) in [6, 6.07) is 0. The predicted molar refractivity (Wildman–Crippen MR) is 30.3 cm³/mol. The van der Waals surface area contributed by atoms with Crippen LogP contribution in [-0.2, 0) is 39.8 Å². The molecule has 0 radical (unpaired) electrons. The van der Waals surface area contributed by atoms with E-state index in [4.69, 9.17) is 0 Å². The molecular weight excluding hydrogens is 207 g/mol. The van der Waals surface area contributed by atoms with E-state index in [0.717, 1.165) is 0 Å². The third-order valence-electron chi connectivity index (χ3n) is 0.724. The number of hydrogen-bond acceptors (Lipinski definition) is 4. The van der Waals surface area contributed by atoms with Crippen LogP contribution in [0.3, 0.4) is 0 Å². The van der Waals surface area contributed by atoms with Crippen LogP contribution >= 0.6 is 0 Å². The average molecular weight is 213 g/mol. The second-order valence-corrected chi connectivity index (χ2v) is 1.44. The summed E-state index contributed by atoms with van der Waals surface area (Å²) in [4.78, 5) is 3.67. The molecule has 0 atom stereocenters. The average Bonchev–Trinajstić information content (AvgIpc) is 2.17. The third-order valence-corrected chi connectivity index (χ3v) is 0.724. The van der Waals surface area contributed by atoms with Crippen LogP contribution in [0.15, 0.2) is 10.2 Å². The van der Waals surface area contributed by atoms with Crippen molar-refractivity contribution in [3.63, 3.8) is 0 Å². The van der Waals surface area contributed by atoms with Gasteiger partial charge in [0.05, 0.1) is 0 Å². The van der Waals surface area contributed by atoms with Crippen LogP contribution in [0.1, 0.15) is 0 Å². The Morgan fingerprint density at radius 1 is 1.60 bits per heavy atom. The van der Waals surface area contributed by atoms with Crippen LogP contribution in [0.2, 0.25) is 0 Å². The van der Waals surface area contributed by atoms with E-state index in [0.29, 0.717) is 5.95 Å². The van der Waals surface area contributed by atoms with E-state index < -0.39 is 0 Å². The van der Waals surface area contributed by atoms with Gasteiger partial charge in [0.25, 0.3) is 0 Å². The van der Waals surface area contributed by atoms with Crippen LogP contribution in [0.4, 0.5) is 5.95 Å². The smallest absolute Gasteiger partial charge is 0.397 e. The van der Waals surface area contributed by atoms with E-state index >= 15 is 0 Å². The van der Waals surface area contributed by atoms with Gasteiger partial charge in [0.2, 0.25) is 0 Å². The summed E-state index contributed by atoms with van der Waals surface area (Å²) in [6.07, 6.45) is 2.56. The number of rotatable bonds is 1. The SMILES string of the molecule is CN=Nc1n[c-]n(C)n1.[Y+3]. The largest absolute Gasteiger partial charge is 3.00 e. The number of nitrogens with zero attached hydrogens (tertiary/aromatic N) is 5. The summed E-state index contributed by atoms with van der Waals surface area (Å²) in [5, 5.41) is 10.9. The molecule has 0 aliphatic rings. The minimum Gasteiger partial charge on any atom is -0.397 e. The second kappa shape index (κ2) is 4.63. The van der Waals surface area contributed by atoms with Gasteiger partial charge < -0.3 is 9.67 Å². The van der Waals surface area contributed by atoms with Crippen molar-refractivity contribution in [3.05, 3.63) is 6.33 Å². The summed E-state index contributed by atoms with van der Waals surface area (Å²) < 4.78 is 1.45. The molecule has 0 N–H and O–H groups in total. The van der Waals surface area contributed by atoms with Gasteiger partial charge in [-0.05, 0) is 6.33 Å². The van der Waals surface area contributed by atoms with E-state index in [-0.39, 0.29) is 32.7 Å². The van der Waals surface area contributed by atoms with Crippen LogP contribution in [0.5, 0.6) is 0 Å². The molecular formula is C4H6N5Y+2. The molecule has 0 aromatic carbocycles. The molecule has 0 amide bonds. The standard InChI is InChI=1S/C4H6N5.Y/c1-5-7-4-6-3-9(2)8-4;/h1-2H3;/q-1;+3. The minimum atomic E-state index is 0. The molecule has 0 aliphatic carbocycles. The molecule has 0 fully saturated rings. The van der Waals surface area contributed by atoms with Gasteiger partial charge in [-0.25, -0.2) is 15.3 Å². The van der Waals surface area contributed by atoms with E-state index in [1.165, 1.54) is 4.68 Å². The maximum Gasteiger partial charge on any atom is 3.00 e. The van der Waals surface area contributed by atoms with Gasteiger partial charge in [-0.3, -0.25) is 0 Å². The normalized spacial score (nSPS) is 9.80. The van der Waals surface area contributed by atoms with Gasteiger partial charge in [0, 0.05) is 14.1 Å². The summed E-state index contributed by atoms with van der Waals surface area (Å²) >= 11 is 0. The monoisotopic (exact) mass is 213 g/mol. The molecule has 0 bridgehead atoms. The summed E-state index contributed by atoms with van der Waals surface area (Å²) in [5.41, 5.74) is 0. The van der Waals surface area contributed by atoms with Gasteiger partial charge in [-0.1, -0.05) is 0 Å². The predicted octanol–water partition coefficient (Wildman–Crippen LogP) is 0.326. The van der Waals surface area contributed by atoms with Crippen molar-refractivity contribution >= 4 is 5.95 Å². The molecule has 6 heteroatoms. The molecule has 1 heterocycles. The fraction of sp³-hybridized carbons (Fsp3) is 0.500. The maximum atomic E-state index is 3.79. The Morgan fingerprint density at radius 2 is 2.30 bits per heavy atom. The molecule has 5 nitrogen and oxygen atoms in total. The van der Waals surface area contributed by atoms with Crippen molar-refractivity contribution in [1.82, 2.24) is 14.8 Å². The van der Waals surface area contributed by atoms with Gasteiger partial charge >= 0.3 is 32.7 Å². The molecule has 1 aromatic heterocycles. The van der Waals surface area contributed by atoms with Crippen molar-refractivity contribution in [2.24, 2.45) is 17.3 Å². The number of aryl methyl sites for hydroxylation is 1. The number of azo groups is 1. The van der Waals surface area contributed by atoms with Crippen LogP contribution < -0.4 is 0 Å². The first-order valence-corrected chi connectivity index (χ1v) is 2.41. The zero-order valence-corrected chi connectivity index (χ0v) is 8.65. The van der Waals surface area contributed by atoms with Gasteiger partial charge in [0.1, 0.15) is 5.95 Å². The second-order valence-electron chi connectivity index (χ2n) is 1.44. The Balaban J connectivity index is 0.000000810. The maximum absolute atomic E-state index is 3.79. The van der Waals surface area contributed by atoms with Gasteiger partial charge in [0.15, 0.2) is 0 Å². The van der Waals surface area contributed by atoms with Crippen molar-refractivity contribution in [1.29, 1.82) is 0 Å². The van der Waals surface area contributed by atoms with Crippen molar-refractivity contribution in [2.75, 3.05) is 7.05 Å². The van der Waals surface area contributed by atoms with Crippen molar-refractivity contribution < 1.29 is 32.7 Å². The van der Waals surface area contributed by atoms with E-state index in [1.807, 2.05) is 0 Å². The molecule has 0 saturated carbocycles. The van der Waals surface area contributed by atoms with Crippen LogP contribution in [0.25, 0.3) is 0 Å². The number of aromatic nitrogens is 3. The Morgan fingerprint density at radius 3 is 2.70 bits per heavy atom. The van der Waals surface area contributed by atoms with E-state index in [1.54, 1.807) is 14.1 Å². The van der Waals surface area contributed by atoms with E-state index in [9.17, 15) is 0 Å². The summed E-state index contributed by atoms with van der Waals surface area (Å²) in [6.45, 7) is 0. The zero-order chi connectivity index (χ0) is 6.69. The Hall–Kier alpha value is -0.156. The Labute approximate surface area is 83.8 Å². The summed E-state index contributed by atoms with van der Waals surface area (Å²) in [5.74, 6) is 0.347.